The van der Waals surface area contributed by atoms with Gasteiger partial charge < -0.3 is 15.5 Å². The van der Waals surface area contributed by atoms with E-state index in [1.54, 1.807) is 0 Å². The standard InChI is InChI=1S/C17H27N3O/c1-6-20-14-9-12(2)7-8-13(14)19-15(20)11-18-16(21)10-17(3,4)5/h7-9,15,19H,6,10-11H2,1-5H3,(H,18,21). The quantitative estimate of drug-likeness (QED) is 0.895. The number of rotatable bonds is 4. The number of nitrogens with zero attached hydrogens (tertiary/aromatic N) is 1. The minimum Gasteiger partial charge on any atom is -0.362 e. The molecule has 0 saturated carbocycles. The summed E-state index contributed by atoms with van der Waals surface area (Å²) >= 11 is 0. The molecule has 0 saturated heterocycles. The molecular weight excluding hydrogens is 262 g/mol. The van der Waals surface area contributed by atoms with Gasteiger partial charge in [-0.15, -0.1) is 0 Å². The van der Waals surface area contributed by atoms with Crippen LogP contribution in [0.2, 0.25) is 0 Å². The van der Waals surface area contributed by atoms with Gasteiger partial charge in [-0.25, -0.2) is 0 Å². The molecule has 1 unspecified atom stereocenters. The van der Waals surface area contributed by atoms with Crippen molar-refractivity contribution in [2.75, 3.05) is 23.3 Å². The molecule has 4 nitrogen and oxygen atoms in total. The molecular formula is C17H27N3O. The van der Waals surface area contributed by atoms with E-state index in [4.69, 9.17) is 0 Å². The molecule has 0 aromatic heterocycles. The molecule has 116 valence electrons. The number of hydrogen-bond acceptors (Lipinski definition) is 3. The second kappa shape index (κ2) is 5.96. The molecule has 1 atom stereocenters. The van der Waals surface area contributed by atoms with Crippen molar-refractivity contribution in [1.29, 1.82) is 0 Å². The van der Waals surface area contributed by atoms with Crippen molar-refractivity contribution in [3.8, 4) is 0 Å². The van der Waals surface area contributed by atoms with E-state index < -0.39 is 0 Å². The molecule has 0 aliphatic carbocycles. The fourth-order valence-electron chi connectivity index (χ4n) is 2.73. The Hall–Kier alpha value is -1.71. The van der Waals surface area contributed by atoms with Gasteiger partial charge in [0.1, 0.15) is 6.17 Å². The lowest BCUT2D eigenvalue weighted by atomic mass is 9.92. The second-order valence-electron chi connectivity index (χ2n) is 7.01. The molecule has 2 N–H and O–H groups in total. The third kappa shape index (κ3) is 3.90. The van der Waals surface area contributed by atoms with Gasteiger partial charge in [0.05, 0.1) is 17.9 Å². The number of amides is 1. The Balaban J connectivity index is 1.98. The van der Waals surface area contributed by atoms with E-state index in [1.807, 2.05) is 0 Å². The number of anilines is 2. The topological polar surface area (TPSA) is 44.4 Å². The predicted octanol–water partition coefficient (Wildman–Crippen LogP) is 3.13. The van der Waals surface area contributed by atoms with Crippen molar-refractivity contribution in [3.05, 3.63) is 23.8 Å². The second-order valence-corrected chi connectivity index (χ2v) is 7.01. The van der Waals surface area contributed by atoms with Crippen LogP contribution in [0.15, 0.2) is 18.2 Å². The zero-order chi connectivity index (χ0) is 15.6. The van der Waals surface area contributed by atoms with Crippen molar-refractivity contribution >= 4 is 17.3 Å². The maximum Gasteiger partial charge on any atom is 0.220 e. The lowest BCUT2D eigenvalue weighted by Gasteiger charge is -2.26. The molecule has 2 rings (SSSR count). The monoisotopic (exact) mass is 289 g/mol. The highest BCUT2D eigenvalue weighted by Crippen LogP contribution is 2.34. The molecule has 0 bridgehead atoms. The number of nitrogens with one attached hydrogen (secondary N) is 2. The van der Waals surface area contributed by atoms with Gasteiger partial charge in [-0.3, -0.25) is 4.79 Å². The smallest absolute Gasteiger partial charge is 0.220 e. The van der Waals surface area contributed by atoms with E-state index in [0.29, 0.717) is 13.0 Å². The first-order valence-corrected chi connectivity index (χ1v) is 7.70. The average Bonchev–Trinajstić information content (AvgIpc) is 2.71. The summed E-state index contributed by atoms with van der Waals surface area (Å²) in [5.74, 6) is 0.118. The zero-order valence-corrected chi connectivity index (χ0v) is 13.8. The average molecular weight is 289 g/mol. The minimum absolute atomic E-state index is 0.0255. The predicted molar refractivity (Wildman–Crippen MR) is 88.7 cm³/mol. The Morgan fingerprint density at radius 1 is 1.38 bits per heavy atom. The van der Waals surface area contributed by atoms with E-state index in [0.717, 1.165) is 12.2 Å². The molecule has 0 fully saturated rings. The van der Waals surface area contributed by atoms with E-state index in [1.165, 1.54) is 11.3 Å². The molecule has 1 aromatic rings. The summed E-state index contributed by atoms with van der Waals surface area (Å²) < 4.78 is 0. The molecule has 4 heteroatoms. The molecule has 0 spiro atoms. The van der Waals surface area contributed by atoms with Crippen molar-refractivity contribution in [3.63, 3.8) is 0 Å². The maximum atomic E-state index is 12.0. The Morgan fingerprint density at radius 2 is 2.10 bits per heavy atom. The fourth-order valence-corrected chi connectivity index (χ4v) is 2.73. The van der Waals surface area contributed by atoms with Gasteiger partial charge in [-0.05, 0) is 37.0 Å². The van der Waals surface area contributed by atoms with E-state index in [9.17, 15) is 4.79 Å². The summed E-state index contributed by atoms with van der Waals surface area (Å²) in [6, 6.07) is 6.42. The Labute approximate surface area is 127 Å². The van der Waals surface area contributed by atoms with Crippen LogP contribution in [0.1, 0.15) is 39.7 Å². The molecule has 1 amide bonds. The first kappa shape index (κ1) is 15.7. The summed E-state index contributed by atoms with van der Waals surface area (Å²) in [7, 11) is 0. The van der Waals surface area contributed by atoms with Crippen molar-refractivity contribution in [2.24, 2.45) is 5.41 Å². The fraction of sp³-hybridized carbons (Fsp3) is 0.588. The summed E-state index contributed by atoms with van der Waals surface area (Å²) in [6.45, 7) is 12.0. The van der Waals surface area contributed by atoms with Crippen LogP contribution in [0.25, 0.3) is 0 Å². The Kier molecular flexibility index (Phi) is 4.45. The van der Waals surface area contributed by atoms with Crippen molar-refractivity contribution in [2.45, 2.75) is 47.2 Å². The van der Waals surface area contributed by atoms with Crippen LogP contribution in [0.5, 0.6) is 0 Å². The summed E-state index contributed by atoms with van der Waals surface area (Å²) in [6.07, 6.45) is 0.688. The van der Waals surface area contributed by atoms with Crippen LogP contribution < -0.4 is 15.5 Å². The first-order valence-electron chi connectivity index (χ1n) is 7.70. The van der Waals surface area contributed by atoms with Gasteiger partial charge in [-0.1, -0.05) is 26.8 Å². The van der Waals surface area contributed by atoms with E-state index in [-0.39, 0.29) is 17.5 Å². The van der Waals surface area contributed by atoms with E-state index >= 15 is 0 Å². The third-order valence-corrected chi connectivity index (χ3v) is 3.69. The van der Waals surface area contributed by atoms with Crippen LogP contribution in [0.4, 0.5) is 11.4 Å². The SMILES string of the molecule is CCN1c2cc(C)ccc2NC1CNC(=O)CC(C)(C)C. The lowest BCUT2D eigenvalue weighted by molar-refractivity contribution is -0.122. The summed E-state index contributed by atoms with van der Waals surface area (Å²) in [5.41, 5.74) is 3.66. The number of fused-ring (bicyclic) bond motifs is 1. The molecule has 0 radical (unpaired) electrons. The minimum atomic E-state index is 0.0255. The van der Waals surface area contributed by atoms with Crippen molar-refractivity contribution in [1.82, 2.24) is 5.32 Å². The van der Waals surface area contributed by atoms with Gasteiger partial charge >= 0.3 is 0 Å². The number of benzene rings is 1. The largest absolute Gasteiger partial charge is 0.362 e. The van der Waals surface area contributed by atoms with Gasteiger partial charge in [0.25, 0.3) is 0 Å². The van der Waals surface area contributed by atoms with Crippen LogP contribution in [0, 0.1) is 12.3 Å². The third-order valence-electron chi connectivity index (χ3n) is 3.69. The van der Waals surface area contributed by atoms with Crippen LogP contribution >= 0.6 is 0 Å². The lowest BCUT2D eigenvalue weighted by Crippen LogP contribution is -2.45. The van der Waals surface area contributed by atoms with Crippen LogP contribution in [0.3, 0.4) is 0 Å². The Bertz CT molecular complexity index is 519. The summed E-state index contributed by atoms with van der Waals surface area (Å²) in [4.78, 5) is 14.3. The van der Waals surface area contributed by atoms with E-state index in [2.05, 4.69) is 68.4 Å². The maximum absolute atomic E-state index is 12.0. The highest BCUT2D eigenvalue weighted by atomic mass is 16.1. The molecule has 21 heavy (non-hydrogen) atoms. The number of carbonyl (C=O) groups excluding carboxylic acids is 1. The van der Waals surface area contributed by atoms with Gasteiger partial charge in [0, 0.05) is 13.0 Å². The molecule has 1 aliphatic heterocycles. The zero-order valence-electron chi connectivity index (χ0n) is 13.8. The number of likely N-dealkylation sites (N-methyl/N-ethyl adjacent to an activating group) is 1. The first-order chi connectivity index (χ1) is 9.80. The van der Waals surface area contributed by atoms with Crippen LogP contribution in [-0.4, -0.2) is 25.2 Å². The number of aryl methyl sites for hydroxylation is 1. The number of carbonyl (C=O) groups is 1. The van der Waals surface area contributed by atoms with Gasteiger partial charge in [0.15, 0.2) is 0 Å². The normalized spacial score (nSPS) is 17.4. The molecule has 1 heterocycles. The van der Waals surface area contributed by atoms with Crippen molar-refractivity contribution < 1.29 is 4.79 Å². The highest BCUT2D eigenvalue weighted by molar-refractivity contribution is 5.79. The van der Waals surface area contributed by atoms with Gasteiger partial charge in [0.2, 0.25) is 5.91 Å². The molecule has 1 aromatic carbocycles. The van der Waals surface area contributed by atoms with Gasteiger partial charge in [-0.2, -0.15) is 0 Å². The number of hydrogen-bond donors (Lipinski definition) is 2. The highest BCUT2D eigenvalue weighted by Gasteiger charge is 2.28. The molecule has 1 aliphatic rings. The summed E-state index contributed by atoms with van der Waals surface area (Å²) in [5, 5.41) is 6.54. The van der Waals surface area contributed by atoms with Crippen LogP contribution in [-0.2, 0) is 4.79 Å². The Morgan fingerprint density at radius 3 is 2.71 bits per heavy atom.